The van der Waals surface area contributed by atoms with Crippen molar-refractivity contribution in [2.24, 2.45) is 0 Å². The predicted octanol–water partition coefficient (Wildman–Crippen LogP) is 2.80. The van der Waals surface area contributed by atoms with Crippen molar-refractivity contribution < 1.29 is 9.52 Å². The average Bonchev–Trinajstić information content (AvgIpc) is 2.81. The second kappa shape index (κ2) is 5.69. The maximum absolute atomic E-state index is 10.5. The molecule has 1 aromatic rings. The van der Waals surface area contributed by atoms with Crippen LogP contribution < -0.4 is 0 Å². The largest absolute Gasteiger partial charge is 0.472 e. The van der Waals surface area contributed by atoms with Gasteiger partial charge in [0.05, 0.1) is 18.1 Å². The molecule has 1 aliphatic rings. The van der Waals surface area contributed by atoms with E-state index in [0.717, 1.165) is 32.5 Å². The number of nitrogens with zero attached hydrogens (tertiary/aromatic N) is 1. The summed E-state index contributed by atoms with van der Waals surface area (Å²) in [4.78, 5) is 2.30. The van der Waals surface area contributed by atoms with E-state index in [1.165, 1.54) is 24.8 Å². The van der Waals surface area contributed by atoms with Crippen molar-refractivity contribution in [3.63, 3.8) is 0 Å². The SMILES string of the molecule is CCN(Cc1ccoc1)CC1(O)CCCCC1. The number of rotatable bonds is 5. The standard InChI is InChI=1S/C14H23NO2/c1-2-15(10-13-6-9-17-11-13)12-14(16)7-4-3-5-8-14/h6,9,11,16H,2-5,7-8,10,12H2,1H3. The minimum absolute atomic E-state index is 0.460. The van der Waals surface area contributed by atoms with Crippen molar-refractivity contribution in [3.05, 3.63) is 24.2 Å². The van der Waals surface area contributed by atoms with Gasteiger partial charge < -0.3 is 9.52 Å². The van der Waals surface area contributed by atoms with Crippen molar-refractivity contribution in [2.45, 2.75) is 51.2 Å². The second-order valence-corrected chi connectivity index (χ2v) is 5.22. The average molecular weight is 237 g/mol. The van der Waals surface area contributed by atoms with E-state index in [2.05, 4.69) is 11.8 Å². The summed E-state index contributed by atoms with van der Waals surface area (Å²) in [5.74, 6) is 0. The third-order valence-corrected chi connectivity index (χ3v) is 3.74. The van der Waals surface area contributed by atoms with E-state index in [-0.39, 0.29) is 0 Å². The summed E-state index contributed by atoms with van der Waals surface area (Å²) in [6, 6.07) is 1.99. The first kappa shape index (κ1) is 12.7. The summed E-state index contributed by atoms with van der Waals surface area (Å²) in [5.41, 5.74) is 0.726. The molecule has 0 atom stereocenters. The molecule has 17 heavy (non-hydrogen) atoms. The quantitative estimate of drug-likeness (QED) is 0.855. The van der Waals surface area contributed by atoms with Crippen LogP contribution in [0.1, 0.15) is 44.6 Å². The molecule has 1 heterocycles. The van der Waals surface area contributed by atoms with Gasteiger partial charge in [-0.15, -0.1) is 0 Å². The Labute approximate surface area is 103 Å². The summed E-state index contributed by atoms with van der Waals surface area (Å²) in [5, 5.41) is 10.5. The van der Waals surface area contributed by atoms with Gasteiger partial charge in [-0.3, -0.25) is 4.90 Å². The number of furan rings is 1. The van der Waals surface area contributed by atoms with E-state index in [0.29, 0.717) is 0 Å². The van der Waals surface area contributed by atoms with E-state index < -0.39 is 5.60 Å². The van der Waals surface area contributed by atoms with Gasteiger partial charge in [0.15, 0.2) is 0 Å². The fourth-order valence-electron chi connectivity index (χ4n) is 2.70. The molecule has 1 N–H and O–H groups in total. The van der Waals surface area contributed by atoms with Gasteiger partial charge in [-0.05, 0) is 25.5 Å². The zero-order valence-electron chi connectivity index (χ0n) is 10.7. The molecule has 1 aliphatic carbocycles. The Morgan fingerprint density at radius 1 is 1.35 bits per heavy atom. The van der Waals surface area contributed by atoms with Crippen LogP contribution in [0.25, 0.3) is 0 Å². The van der Waals surface area contributed by atoms with Gasteiger partial charge >= 0.3 is 0 Å². The smallest absolute Gasteiger partial charge is 0.0947 e. The van der Waals surface area contributed by atoms with Crippen LogP contribution in [0.3, 0.4) is 0 Å². The van der Waals surface area contributed by atoms with Gasteiger partial charge in [0.2, 0.25) is 0 Å². The highest BCUT2D eigenvalue weighted by Gasteiger charge is 2.30. The van der Waals surface area contributed by atoms with Crippen LogP contribution in [0, 0.1) is 0 Å². The third-order valence-electron chi connectivity index (χ3n) is 3.74. The van der Waals surface area contributed by atoms with Crippen LogP contribution in [-0.4, -0.2) is 28.7 Å². The van der Waals surface area contributed by atoms with Crippen LogP contribution >= 0.6 is 0 Å². The van der Waals surface area contributed by atoms with E-state index in [9.17, 15) is 5.11 Å². The highest BCUT2D eigenvalue weighted by molar-refractivity contribution is 5.05. The summed E-state index contributed by atoms with van der Waals surface area (Å²) >= 11 is 0. The molecule has 0 bridgehead atoms. The molecule has 2 rings (SSSR count). The number of aliphatic hydroxyl groups is 1. The fraction of sp³-hybridized carbons (Fsp3) is 0.714. The van der Waals surface area contributed by atoms with Crippen molar-refractivity contribution in [3.8, 4) is 0 Å². The van der Waals surface area contributed by atoms with Gasteiger partial charge in [0, 0.05) is 18.7 Å². The first-order valence-electron chi connectivity index (χ1n) is 6.68. The lowest BCUT2D eigenvalue weighted by Gasteiger charge is -2.36. The first-order valence-corrected chi connectivity index (χ1v) is 6.68. The molecular formula is C14H23NO2. The van der Waals surface area contributed by atoms with Crippen LogP contribution in [0.15, 0.2) is 23.0 Å². The van der Waals surface area contributed by atoms with Crippen molar-refractivity contribution in [1.82, 2.24) is 4.90 Å². The van der Waals surface area contributed by atoms with E-state index in [1.807, 2.05) is 6.07 Å². The highest BCUT2D eigenvalue weighted by Crippen LogP contribution is 2.29. The molecule has 1 saturated carbocycles. The maximum atomic E-state index is 10.5. The first-order chi connectivity index (χ1) is 8.22. The zero-order chi connectivity index (χ0) is 12.1. The van der Waals surface area contributed by atoms with Crippen molar-refractivity contribution >= 4 is 0 Å². The molecule has 0 unspecified atom stereocenters. The third kappa shape index (κ3) is 3.58. The van der Waals surface area contributed by atoms with E-state index >= 15 is 0 Å². The molecule has 1 aromatic heterocycles. The molecule has 1 fully saturated rings. The molecule has 0 amide bonds. The summed E-state index contributed by atoms with van der Waals surface area (Å²) in [6.45, 7) is 4.77. The lowest BCUT2D eigenvalue weighted by atomic mass is 9.84. The second-order valence-electron chi connectivity index (χ2n) is 5.22. The number of likely N-dealkylation sites (N-methyl/N-ethyl adjacent to an activating group) is 1. The van der Waals surface area contributed by atoms with Crippen LogP contribution in [-0.2, 0) is 6.54 Å². The Morgan fingerprint density at radius 2 is 2.12 bits per heavy atom. The Bertz CT molecular complexity index is 315. The summed E-state index contributed by atoms with van der Waals surface area (Å²) in [6.07, 6.45) is 9.01. The van der Waals surface area contributed by atoms with Gasteiger partial charge in [-0.1, -0.05) is 26.2 Å². The predicted molar refractivity (Wildman–Crippen MR) is 67.7 cm³/mol. The van der Waals surface area contributed by atoms with Gasteiger partial charge in [-0.2, -0.15) is 0 Å². The molecule has 3 nitrogen and oxygen atoms in total. The molecule has 0 radical (unpaired) electrons. The molecule has 0 aromatic carbocycles. The normalized spacial score (nSPS) is 19.7. The lowest BCUT2D eigenvalue weighted by molar-refractivity contribution is -0.0270. The van der Waals surface area contributed by atoms with Crippen LogP contribution in [0.2, 0.25) is 0 Å². The maximum Gasteiger partial charge on any atom is 0.0947 e. The Balaban J connectivity index is 1.90. The van der Waals surface area contributed by atoms with Gasteiger partial charge in [0.25, 0.3) is 0 Å². The van der Waals surface area contributed by atoms with Crippen molar-refractivity contribution in [1.29, 1.82) is 0 Å². The molecule has 3 heteroatoms. The highest BCUT2D eigenvalue weighted by atomic mass is 16.3. The molecule has 0 saturated heterocycles. The molecule has 0 spiro atoms. The molecule has 0 aliphatic heterocycles. The number of hydrogen-bond donors (Lipinski definition) is 1. The minimum Gasteiger partial charge on any atom is -0.472 e. The Kier molecular flexibility index (Phi) is 4.24. The lowest BCUT2D eigenvalue weighted by Crippen LogP contribution is -2.44. The number of hydrogen-bond acceptors (Lipinski definition) is 3. The Morgan fingerprint density at radius 3 is 2.71 bits per heavy atom. The zero-order valence-corrected chi connectivity index (χ0v) is 10.7. The molecular weight excluding hydrogens is 214 g/mol. The Hall–Kier alpha value is -0.800. The minimum atomic E-state index is -0.460. The van der Waals surface area contributed by atoms with Crippen LogP contribution in [0.4, 0.5) is 0 Å². The van der Waals surface area contributed by atoms with Crippen LogP contribution in [0.5, 0.6) is 0 Å². The summed E-state index contributed by atoms with van der Waals surface area (Å²) < 4.78 is 5.09. The topological polar surface area (TPSA) is 36.6 Å². The van der Waals surface area contributed by atoms with Crippen molar-refractivity contribution in [2.75, 3.05) is 13.1 Å². The monoisotopic (exact) mass is 237 g/mol. The van der Waals surface area contributed by atoms with Gasteiger partial charge in [0.1, 0.15) is 0 Å². The molecule has 96 valence electrons. The van der Waals surface area contributed by atoms with E-state index in [1.54, 1.807) is 12.5 Å². The fourth-order valence-corrected chi connectivity index (χ4v) is 2.70. The van der Waals surface area contributed by atoms with Gasteiger partial charge in [-0.25, -0.2) is 0 Å². The van der Waals surface area contributed by atoms with E-state index in [4.69, 9.17) is 4.42 Å². The summed E-state index contributed by atoms with van der Waals surface area (Å²) in [7, 11) is 0.